The first-order valence-electron chi connectivity index (χ1n) is 10.7. The molecule has 0 aliphatic carbocycles. The number of carbonyl (C=O) groups excluding carboxylic acids is 3. The summed E-state index contributed by atoms with van der Waals surface area (Å²) in [5, 5.41) is 0. The minimum Gasteiger partial charge on any atom is -0.496 e. The Morgan fingerprint density at radius 3 is 1.67 bits per heavy atom. The van der Waals surface area contributed by atoms with Crippen LogP contribution in [0.25, 0.3) is 0 Å². The second-order valence-electron chi connectivity index (χ2n) is 7.43. The number of amides is 1. The van der Waals surface area contributed by atoms with Crippen LogP contribution in [0.1, 0.15) is 31.8 Å². The van der Waals surface area contributed by atoms with Gasteiger partial charge in [-0.05, 0) is 53.6 Å². The number of benzene rings is 3. The highest BCUT2D eigenvalue weighted by Crippen LogP contribution is 2.27. The van der Waals surface area contributed by atoms with E-state index < -0.39 is 5.91 Å². The van der Waals surface area contributed by atoms with Crippen LogP contribution >= 0.6 is 12.8 Å². The molecule has 10 heteroatoms. The molecule has 0 atom stereocenters. The molecule has 1 amide bonds. The Labute approximate surface area is 213 Å². The molecule has 36 heavy (non-hydrogen) atoms. The minimum absolute atomic E-state index is 0.175. The molecule has 188 valence electrons. The summed E-state index contributed by atoms with van der Waals surface area (Å²) < 4.78 is 30.0. The van der Waals surface area contributed by atoms with Gasteiger partial charge >= 0.3 is 0 Å². The van der Waals surface area contributed by atoms with Gasteiger partial charge in [-0.1, -0.05) is 12.8 Å². The third-order valence-corrected chi connectivity index (χ3v) is 5.24. The fourth-order valence-electron chi connectivity index (χ4n) is 3.25. The Morgan fingerprint density at radius 1 is 0.750 bits per heavy atom. The van der Waals surface area contributed by atoms with Crippen LogP contribution in [0.3, 0.4) is 0 Å². The molecule has 0 heterocycles. The van der Waals surface area contributed by atoms with Crippen LogP contribution in [-0.2, 0) is 18.0 Å². The minimum atomic E-state index is -0.400. The second-order valence-corrected chi connectivity index (χ2v) is 7.65. The maximum absolute atomic E-state index is 11.6. The van der Waals surface area contributed by atoms with Crippen molar-refractivity contribution in [3.63, 3.8) is 0 Å². The molecule has 0 aliphatic rings. The number of thiol groups is 1. The van der Waals surface area contributed by atoms with Gasteiger partial charge in [-0.15, -0.1) is 0 Å². The molecule has 3 aromatic rings. The summed E-state index contributed by atoms with van der Waals surface area (Å²) >= 11 is 3.73. The van der Waals surface area contributed by atoms with Crippen molar-refractivity contribution in [3.05, 3.63) is 76.9 Å². The zero-order chi connectivity index (χ0) is 25.9. The monoisotopic (exact) mass is 511 g/mol. The van der Waals surface area contributed by atoms with Gasteiger partial charge in [0.25, 0.3) is 5.91 Å². The fourth-order valence-corrected chi connectivity index (χ4v) is 3.31. The van der Waals surface area contributed by atoms with Crippen LogP contribution in [0.2, 0.25) is 0 Å². The number of methoxy groups -OCH3 is 2. The molecule has 0 fully saturated rings. The van der Waals surface area contributed by atoms with Crippen molar-refractivity contribution in [1.82, 2.24) is 4.72 Å². The second kappa shape index (κ2) is 13.1. The summed E-state index contributed by atoms with van der Waals surface area (Å²) in [7, 11) is 2.95. The van der Waals surface area contributed by atoms with Gasteiger partial charge in [-0.3, -0.25) is 19.1 Å². The SMILES string of the molecule is COc1cc(OCc2cc(COc3ccc(C=O)c(OC)c3)cc(OCC(=O)NS)c2)ccc1C=O. The van der Waals surface area contributed by atoms with Gasteiger partial charge in [-0.25, -0.2) is 0 Å². The van der Waals surface area contributed by atoms with Crippen molar-refractivity contribution in [1.29, 1.82) is 0 Å². The molecule has 0 unspecified atom stereocenters. The van der Waals surface area contributed by atoms with E-state index in [0.29, 0.717) is 52.4 Å². The summed E-state index contributed by atoms with van der Waals surface area (Å²) in [6.07, 6.45) is 1.41. The van der Waals surface area contributed by atoms with Gasteiger partial charge in [0.2, 0.25) is 0 Å². The molecule has 3 rings (SSSR count). The molecule has 0 saturated heterocycles. The standard InChI is InChI=1S/C26H25NO8S/c1-31-24-10-21(5-3-19(24)12-28)33-14-17-7-18(9-23(8-17)35-16-26(30)27-36)15-34-22-6-4-20(13-29)25(11-22)32-2/h3-13,36H,14-16H2,1-2H3,(H,27,30). The summed E-state index contributed by atoms with van der Waals surface area (Å²) in [5.74, 6) is 1.87. The Bertz CT molecular complexity index is 1150. The Kier molecular flexibility index (Phi) is 9.58. The highest BCUT2D eigenvalue weighted by Gasteiger charge is 2.10. The highest BCUT2D eigenvalue weighted by atomic mass is 32.1. The highest BCUT2D eigenvalue weighted by molar-refractivity contribution is 7.78. The molecular weight excluding hydrogens is 486 g/mol. The van der Waals surface area contributed by atoms with Crippen LogP contribution in [0, 0.1) is 0 Å². The van der Waals surface area contributed by atoms with Gasteiger partial charge in [0.05, 0.1) is 25.3 Å². The first-order valence-corrected chi connectivity index (χ1v) is 11.1. The van der Waals surface area contributed by atoms with E-state index in [9.17, 15) is 14.4 Å². The van der Waals surface area contributed by atoms with Gasteiger partial charge in [0, 0.05) is 12.1 Å². The molecule has 9 nitrogen and oxygen atoms in total. The predicted octanol–water partition coefficient (Wildman–Crippen LogP) is 3.83. The van der Waals surface area contributed by atoms with Gasteiger partial charge in [0.15, 0.2) is 19.2 Å². The number of hydrogen-bond acceptors (Lipinski definition) is 9. The summed E-state index contributed by atoms with van der Waals surface area (Å²) in [6, 6.07) is 15.2. The molecule has 0 radical (unpaired) electrons. The van der Waals surface area contributed by atoms with Crippen LogP contribution in [0.4, 0.5) is 0 Å². The van der Waals surface area contributed by atoms with Crippen LogP contribution in [0.5, 0.6) is 28.7 Å². The maximum atomic E-state index is 11.6. The molecule has 1 N–H and O–H groups in total. The van der Waals surface area contributed by atoms with Gasteiger partial charge in [0.1, 0.15) is 42.0 Å². The lowest BCUT2D eigenvalue weighted by atomic mass is 10.1. The van der Waals surface area contributed by atoms with Crippen molar-refractivity contribution in [2.24, 2.45) is 0 Å². The number of aldehydes is 2. The first-order chi connectivity index (χ1) is 17.5. The van der Waals surface area contributed by atoms with Crippen LogP contribution in [-0.4, -0.2) is 39.3 Å². The quantitative estimate of drug-likeness (QED) is 0.263. The first kappa shape index (κ1) is 26.4. The Morgan fingerprint density at radius 2 is 1.25 bits per heavy atom. The molecular formula is C26H25NO8S. The number of hydrogen-bond donors (Lipinski definition) is 2. The smallest absolute Gasteiger partial charge is 0.267 e. The molecule has 3 aromatic carbocycles. The lowest BCUT2D eigenvalue weighted by Gasteiger charge is -2.14. The Balaban J connectivity index is 1.78. The molecule has 0 bridgehead atoms. The van der Waals surface area contributed by atoms with E-state index in [-0.39, 0.29) is 19.8 Å². The topological polar surface area (TPSA) is 109 Å². The van der Waals surface area contributed by atoms with Crippen LogP contribution in [0.15, 0.2) is 54.6 Å². The third-order valence-electron chi connectivity index (χ3n) is 5.00. The molecule has 0 aliphatic heterocycles. The largest absolute Gasteiger partial charge is 0.496 e. The van der Waals surface area contributed by atoms with Crippen LogP contribution < -0.4 is 28.4 Å². The zero-order valence-corrected chi connectivity index (χ0v) is 20.6. The van der Waals surface area contributed by atoms with E-state index in [1.165, 1.54) is 14.2 Å². The molecule has 0 spiro atoms. The average molecular weight is 512 g/mol. The zero-order valence-electron chi connectivity index (χ0n) is 19.7. The summed E-state index contributed by atoms with van der Waals surface area (Å²) in [5.41, 5.74) is 2.34. The summed E-state index contributed by atoms with van der Waals surface area (Å²) in [4.78, 5) is 33.8. The normalized spacial score (nSPS) is 10.2. The number of rotatable bonds is 13. The Hall–Kier alpha value is -4.18. The average Bonchev–Trinajstić information content (AvgIpc) is 2.93. The van der Waals surface area contributed by atoms with Crippen molar-refractivity contribution in [2.75, 3.05) is 20.8 Å². The van der Waals surface area contributed by atoms with E-state index >= 15 is 0 Å². The molecule has 0 aromatic heterocycles. The number of carbonyl (C=O) groups is 3. The van der Waals surface area contributed by atoms with Crippen molar-refractivity contribution < 1.29 is 38.1 Å². The van der Waals surface area contributed by atoms with Crippen molar-refractivity contribution in [2.45, 2.75) is 13.2 Å². The van der Waals surface area contributed by atoms with E-state index in [2.05, 4.69) is 17.5 Å². The van der Waals surface area contributed by atoms with E-state index in [1.807, 2.05) is 6.07 Å². The number of nitrogens with one attached hydrogen (secondary N) is 1. The molecule has 0 saturated carbocycles. The van der Waals surface area contributed by atoms with Gasteiger partial charge in [-0.2, -0.15) is 0 Å². The van der Waals surface area contributed by atoms with Crippen molar-refractivity contribution >= 4 is 31.3 Å². The van der Waals surface area contributed by atoms with E-state index in [4.69, 9.17) is 23.7 Å². The van der Waals surface area contributed by atoms with E-state index in [1.54, 1.807) is 48.5 Å². The predicted molar refractivity (Wildman–Crippen MR) is 134 cm³/mol. The lowest BCUT2D eigenvalue weighted by molar-refractivity contribution is -0.121. The van der Waals surface area contributed by atoms with Crippen molar-refractivity contribution in [3.8, 4) is 28.7 Å². The fraction of sp³-hybridized carbons (Fsp3) is 0.192. The van der Waals surface area contributed by atoms with E-state index in [0.717, 1.165) is 11.1 Å². The number of ether oxygens (including phenoxy) is 5. The van der Waals surface area contributed by atoms with Gasteiger partial charge < -0.3 is 23.7 Å². The summed E-state index contributed by atoms with van der Waals surface area (Å²) in [6.45, 7) is 0.131. The lowest BCUT2D eigenvalue weighted by Crippen LogP contribution is -2.21. The maximum Gasteiger partial charge on any atom is 0.267 e. The third kappa shape index (κ3) is 7.16.